The van der Waals surface area contributed by atoms with E-state index < -0.39 is 0 Å². The number of hydrogen-bond acceptors (Lipinski definition) is 5. The maximum Gasteiger partial charge on any atom is 0.257 e. The molecular weight excluding hydrogens is 396 g/mol. The van der Waals surface area contributed by atoms with E-state index in [9.17, 15) is 9.59 Å². The summed E-state index contributed by atoms with van der Waals surface area (Å²) in [4.78, 5) is 35.2. The second-order valence-corrected chi connectivity index (χ2v) is 8.13. The lowest BCUT2D eigenvalue weighted by molar-refractivity contribution is -0.133. The zero-order valence-electron chi connectivity index (χ0n) is 16.0. The first-order valence-corrected chi connectivity index (χ1v) is 10.2. The van der Waals surface area contributed by atoms with Crippen LogP contribution in [-0.4, -0.2) is 80.1 Å². The molecule has 6 nitrogen and oxygen atoms in total. The molecule has 1 fully saturated rings. The summed E-state index contributed by atoms with van der Waals surface area (Å²) in [6.45, 7) is 6.69. The number of rotatable bonds is 5. The van der Waals surface area contributed by atoms with E-state index in [2.05, 4.69) is 16.6 Å². The summed E-state index contributed by atoms with van der Waals surface area (Å²) in [7, 11) is 3.68. The van der Waals surface area contributed by atoms with Crippen LogP contribution in [0.1, 0.15) is 10.4 Å². The number of thiophene rings is 1. The SMILES string of the molecule is C=Nc1scc(-c2ccc(Cl)cc2)c1C(=O)N(C)CC(=O)N1CCN(C)CC1. The average Bonchev–Trinajstić information content (AvgIpc) is 3.12. The molecule has 0 aliphatic carbocycles. The molecule has 1 saturated heterocycles. The number of carbonyl (C=O) groups is 2. The second-order valence-electron chi connectivity index (χ2n) is 6.84. The van der Waals surface area contributed by atoms with Crippen LogP contribution < -0.4 is 0 Å². The molecule has 3 rings (SSSR count). The van der Waals surface area contributed by atoms with Gasteiger partial charge in [-0.1, -0.05) is 23.7 Å². The molecule has 2 amide bonds. The van der Waals surface area contributed by atoms with Crippen LogP contribution in [0.15, 0.2) is 34.6 Å². The van der Waals surface area contributed by atoms with Gasteiger partial charge in [0.25, 0.3) is 5.91 Å². The second kappa shape index (κ2) is 8.86. The molecule has 2 aromatic rings. The molecule has 8 heteroatoms. The summed E-state index contributed by atoms with van der Waals surface area (Å²) in [5, 5.41) is 3.06. The Morgan fingerprint density at radius 2 is 1.86 bits per heavy atom. The quantitative estimate of drug-likeness (QED) is 0.700. The van der Waals surface area contributed by atoms with E-state index in [1.807, 2.05) is 29.5 Å². The molecule has 1 aromatic heterocycles. The number of carbonyl (C=O) groups excluding carboxylic acids is 2. The topological polar surface area (TPSA) is 56.2 Å². The standard InChI is InChI=1S/C20H23ClN4O2S/c1-22-19-18(16(13-28-19)14-4-6-15(21)7-5-14)20(27)24(3)12-17(26)25-10-8-23(2)9-11-25/h4-7,13H,1,8-12H2,2-3H3. The highest BCUT2D eigenvalue weighted by atomic mass is 35.5. The molecule has 0 radical (unpaired) electrons. The molecule has 0 unspecified atom stereocenters. The fourth-order valence-electron chi connectivity index (χ4n) is 3.13. The van der Waals surface area contributed by atoms with Crippen LogP contribution in [0.4, 0.5) is 5.00 Å². The monoisotopic (exact) mass is 418 g/mol. The van der Waals surface area contributed by atoms with Crippen molar-refractivity contribution in [1.29, 1.82) is 0 Å². The average molecular weight is 419 g/mol. The maximum absolute atomic E-state index is 13.2. The van der Waals surface area contributed by atoms with Gasteiger partial charge in [0.1, 0.15) is 5.00 Å². The molecular formula is C20H23ClN4O2S. The fraction of sp³-hybridized carbons (Fsp3) is 0.350. The van der Waals surface area contributed by atoms with Gasteiger partial charge in [-0.2, -0.15) is 0 Å². The van der Waals surface area contributed by atoms with E-state index in [0.717, 1.165) is 24.2 Å². The van der Waals surface area contributed by atoms with Crippen LogP contribution >= 0.6 is 22.9 Å². The normalized spacial score (nSPS) is 14.8. The van der Waals surface area contributed by atoms with Gasteiger partial charge in [0.2, 0.25) is 5.91 Å². The Morgan fingerprint density at radius 3 is 2.46 bits per heavy atom. The first-order valence-electron chi connectivity index (χ1n) is 8.96. The van der Waals surface area contributed by atoms with E-state index in [0.29, 0.717) is 28.7 Å². The van der Waals surface area contributed by atoms with Crippen LogP contribution in [0.3, 0.4) is 0 Å². The van der Waals surface area contributed by atoms with Crippen LogP contribution in [0, 0.1) is 0 Å². The third-order valence-electron chi connectivity index (χ3n) is 4.86. The van der Waals surface area contributed by atoms with Crippen LogP contribution in [-0.2, 0) is 4.79 Å². The Balaban J connectivity index is 1.79. The van der Waals surface area contributed by atoms with E-state index in [-0.39, 0.29) is 18.4 Å². The highest BCUT2D eigenvalue weighted by Gasteiger charge is 2.26. The smallest absolute Gasteiger partial charge is 0.257 e. The van der Waals surface area contributed by atoms with E-state index >= 15 is 0 Å². The van der Waals surface area contributed by atoms with E-state index in [1.54, 1.807) is 19.2 Å². The molecule has 28 heavy (non-hydrogen) atoms. The third kappa shape index (κ3) is 4.43. The van der Waals surface area contributed by atoms with Crippen LogP contribution in [0.2, 0.25) is 5.02 Å². The molecule has 1 aromatic carbocycles. The van der Waals surface area contributed by atoms with Gasteiger partial charge in [0.05, 0.1) is 12.1 Å². The van der Waals surface area contributed by atoms with Gasteiger partial charge in [0.15, 0.2) is 0 Å². The lowest BCUT2D eigenvalue weighted by Crippen LogP contribution is -2.50. The lowest BCUT2D eigenvalue weighted by atomic mass is 10.0. The Bertz CT molecular complexity index is 873. The summed E-state index contributed by atoms with van der Waals surface area (Å²) in [6, 6.07) is 7.29. The summed E-state index contributed by atoms with van der Waals surface area (Å²) < 4.78 is 0. The van der Waals surface area contributed by atoms with Gasteiger partial charge >= 0.3 is 0 Å². The Morgan fingerprint density at radius 1 is 1.21 bits per heavy atom. The number of halogens is 1. The zero-order valence-corrected chi connectivity index (χ0v) is 17.6. The van der Waals surface area contributed by atoms with Crippen molar-refractivity contribution in [3.63, 3.8) is 0 Å². The highest BCUT2D eigenvalue weighted by Crippen LogP contribution is 2.38. The molecule has 0 spiro atoms. The van der Waals surface area contributed by atoms with Crippen molar-refractivity contribution in [3.8, 4) is 11.1 Å². The Hall–Kier alpha value is -2.22. The minimum Gasteiger partial charge on any atom is -0.339 e. The number of hydrogen-bond donors (Lipinski definition) is 0. The highest BCUT2D eigenvalue weighted by molar-refractivity contribution is 7.14. The van der Waals surface area contributed by atoms with Crippen molar-refractivity contribution < 1.29 is 9.59 Å². The molecule has 148 valence electrons. The number of aliphatic imine (C=N–C) groups is 1. The number of piperazine rings is 1. The predicted molar refractivity (Wildman–Crippen MR) is 115 cm³/mol. The van der Waals surface area contributed by atoms with Gasteiger partial charge < -0.3 is 14.7 Å². The molecule has 1 aliphatic heterocycles. The predicted octanol–water partition coefficient (Wildman–Crippen LogP) is 3.25. The first kappa shape index (κ1) is 20.5. The largest absolute Gasteiger partial charge is 0.339 e. The van der Waals surface area contributed by atoms with Crippen LogP contribution in [0.25, 0.3) is 11.1 Å². The Kier molecular flexibility index (Phi) is 6.49. The lowest BCUT2D eigenvalue weighted by Gasteiger charge is -2.33. The van der Waals surface area contributed by atoms with Gasteiger partial charge in [-0.05, 0) is 31.5 Å². The molecule has 0 N–H and O–H groups in total. The van der Waals surface area contributed by atoms with Crippen molar-refractivity contribution >= 4 is 46.5 Å². The first-order chi connectivity index (χ1) is 13.4. The van der Waals surface area contributed by atoms with Gasteiger partial charge in [-0.3, -0.25) is 14.6 Å². The summed E-state index contributed by atoms with van der Waals surface area (Å²) in [5.74, 6) is -0.281. The van der Waals surface area contributed by atoms with Gasteiger partial charge in [-0.15, -0.1) is 11.3 Å². The van der Waals surface area contributed by atoms with E-state index in [4.69, 9.17) is 11.6 Å². The van der Waals surface area contributed by atoms with Gasteiger partial charge in [-0.25, -0.2) is 0 Å². The van der Waals surface area contributed by atoms with Crippen LogP contribution in [0.5, 0.6) is 0 Å². The summed E-state index contributed by atoms with van der Waals surface area (Å²) in [6.07, 6.45) is 0. The maximum atomic E-state index is 13.2. The minimum absolute atomic E-state index is 0.0367. The summed E-state index contributed by atoms with van der Waals surface area (Å²) in [5.41, 5.74) is 2.11. The number of benzene rings is 1. The van der Waals surface area contributed by atoms with Crippen molar-refractivity contribution in [2.24, 2.45) is 4.99 Å². The molecule has 1 aliphatic rings. The van der Waals surface area contributed by atoms with E-state index in [1.165, 1.54) is 16.2 Å². The zero-order chi connectivity index (χ0) is 20.3. The third-order valence-corrected chi connectivity index (χ3v) is 6.02. The Labute approximate surface area is 174 Å². The molecule has 0 bridgehead atoms. The fourth-order valence-corrected chi connectivity index (χ4v) is 4.13. The number of amides is 2. The molecule has 0 saturated carbocycles. The molecule has 0 atom stereocenters. The van der Waals surface area contributed by atoms with Crippen molar-refractivity contribution in [1.82, 2.24) is 14.7 Å². The van der Waals surface area contributed by atoms with Crippen molar-refractivity contribution in [2.45, 2.75) is 0 Å². The molecule has 2 heterocycles. The number of likely N-dealkylation sites (N-methyl/N-ethyl adjacent to an activating group) is 2. The number of nitrogens with zero attached hydrogens (tertiary/aromatic N) is 4. The van der Waals surface area contributed by atoms with Crippen molar-refractivity contribution in [3.05, 3.63) is 40.2 Å². The minimum atomic E-state index is -0.240. The summed E-state index contributed by atoms with van der Waals surface area (Å²) >= 11 is 7.34. The van der Waals surface area contributed by atoms with Gasteiger partial charge in [0, 0.05) is 49.2 Å². The van der Waals surface area contributed by atoms with Crippen molar-refractivity contribution in [2.75, 3.05) is 46.8 Å².